The van der Waals surface area contributed by atoms with Crippen LogP contribution >= 0.6 is 11.8 Å². The summed E-state index contributed by atoms with van der Waals surface area (Å²) in [5, 5.41) is 30.1. The number of hydrogen-bond donors (Lipinski definition) is 5. The van der Waals surface area contributed by atoms with E-state index >= 15 is 0 Å². The zero-order valence-electron chi connectivity index (χ0n) is 24.1. The van der Waals surface area contributed by atoms with Crippen molar-refractivity contribution < 1.29 is 34.5 Å². The summed E-state index contributed by atoms with van der Waals surface area (Å²) in [6, 6.07) is 23.9. The van der Waals surface area contributed by atoms with Crippen molar-refractivity contribution in [3.8, 4) is 11.1 Å². The van der Waals surface area contributed by atoms with Gasteiger partial charge in [0, 0.05) is 42.9 Å². The summed E-state index contributed by atoms with van der Waals surface area (Å²) in [6.07, 6.45) is 1.58. The van der Waals surface area contributed by atoms with Gasteiger partial charge in [0.2, 0.25) is 11.8 Å². The Morgan fingerprint density at radius 1 is 0.837 bits per heavy atom. The molecule has 230 valence electrons. The van der Waals surface area contributed by atoms with Gasteiger partial charge in [-0.2, -0.15) is 11.8 Å². The molecule has 3 aromatic rings. The lowest BCUT2D eigenvalue weighted by molar-refractivity contribution is -0.245. The highest BCUT2D eigenvalue weighted by atomic mass is 32.2. The minimum absolute atomic E-state index is 0.00307. The summed E-state index contributed by atoms with van der Waals surface area (Å²) in [5.74, 6) is 0.885. The van der Waals surface area contributed by atoms with Crippen molar-refractivity contribution in [2.45, 2.75) is 63.8 Å². The van der Waals surface area contributed by atoms with Crippen LogP contribution in [0.4, 0.5) is 0 Å². The number of hydrogen-bond acceptors (Lipinski definition) is 8. The van der Waals surface area contributed by atoms with E-state index in [9.17, 15) is 19.8 Å². The molecule has 0 radical (unpaired) electrons. The second kappa shape index (κ2) is 17.1. The van der Waals surface area contributed by atoms with Gasteiger partial charge in [-0.1, -0.05) is 66.7 Å². The third-order valence-corrected chi connectivity index (χ3v) is 8.35. The van der Waals surface area contributed by atoms with Gasteiger partial charge in [-0.05, 0) is 46.7 Å². The number of benzene rings is 3. The highest BCUT2D eigenvalue weighted by molar-refractivity contribution is 7.99. The second-order valence-electron chi connectivity index (χ2n) is 10.5. The molecule has 1 aliphatic rings. The number of aliphatic hydroxyl groups excluding tert-OH is 2. The first kappa shape index (κ1) is 32.7. The molecule has 4 rings (SSSR count). The van der Waals surface area contributed by atoms with Crippen molar-refractivity contribution in [2.24, 2.45) is 0 Å². The van der Waals surface area contributed by atoms with E-state index < -0.39 is 12.2 Å². The number of amides is 2. The number of carbonyl (C=O) groups is 2. The molecule has 3 atom stereocenters. The average Bonchev–Trinajstić information content (AvgIpc) is 3.06. The van der Waals surface area contributed by atoms with Crippen LogP contribution in [0.5, 0.6) is 0 Å². The molecule has 0 bridgehead atoms. The molecule has 9 nitrogen and oxygen atoms in total. The van der Waals surface area contributed by atoms with Crippen LogP contribution in [0, 0.1) is 0 Å². The van der Waals surface area contributed by atoms with E-state index in [2.05, 4.69) is 11.4 Å². The first-order valence-electron chi connectivity index (χ1n) is 14.6. The monoisotopic (exact) mass is 608 g/mol. The zero-order valence-corrected chi connectivity index (χ0v) is 24.9. The van der Waals surface area contributed by atoms with Crippen molar-refractivity contribution in [3.05, 3.63) is 95.1 Å². The first-order chi connectivity index (χ1) is 21.0. The molecule has 5 N–H and O–H groups in total. The Hall–Kier alpha value is -3.25. The highest BCUT2D eigenvalue weighted by Gasteiger charge is 2.32. The normalized spacial score (nSPS) is 18.3. The molecule has 2 amide bonds. The predicted molar refractivity (Wildman–Crippen MR) is 165 cm³/mol. The smallest absolute Gasteiger partial charge is 0.243 e. The minimum Gasteiger partial charge on any atom is -0.396 e. The summed E-state index contributed by atoms with van der Waals surface area (Å²) in [7, 11) is 0. The SMILES string of the molecule is O=C(CCCCC(=O)NCc1cccc(-c2ccc(C3OC(CSCCO)CC(c4ccc(CO)cc4)O3)cc2)c1)NO. The lowest BCUT2D eigenvalue weighted by atomic mass is 9.99. The zero-order chi connectivity index (χ0) is 30.4. The topological polar surface area (TPSA) is 137 Å². The molecule has 0 aliphatic carbocycles. The van der Waals surface area contributed by atoms with Crippen molar-refractivity contribution in [1.29, 1.82) is 0 Å². The Labute approximate surface area is 256 Å². The van der Waals surface area contributed by atoms with Gasteiger partial charge in [-0.15, -0.1) is 0 Å². The molecule has 3 aromatic carbocycles. The van der Waals surface area contributed by atoms with Crippen molar-refractivity contribution in [2.75, 3.05) is 18.1 Å². The Bertz CT molecular complexity index is 1300. The number of aliphatic hydroxyl groups is 2. The van der Waals surface area contributed by atoms with Crippen molar-refractivity contribution in [3.63, 3.8) is 0 Å². The standard InChI is InChI=1S/C33H40N2O7S/c36-16-17-43-22-29-19-30(26-10-8-23(21-37)9-11-26)42-33(41-29)27-14-12-25(13-15-27)28-5-3-4-24(18-28)20-34-31(38)6-1-2-7-32(39)35-40/h3-5,8-15,18,29-30,33,36-37,40H,1-2,6-7,16-17,19-22H2,(H,34,38)(H,35,39). The maximum absolute atomic E-state index is 12.2. The van der Waals surface area contributed by atoms with E-state index in [1.54, 1.807) is 17.2 Å². The fourth-order valence-corrected chi connectivity index (χ4v) is 5.68. The molecule has 3 unspecified atom stereocenters. The Kier molecular flexibility index (Phi) is 13.0. The summed E-state index contributed by atoms with van der Waals surface area (Å²) >= 11 is 1.66. The Balaban J connectivity index is 1.37. The van der Waals surface area contributed by atoms with Crippen LogP contribution in [0.25, 0.3) is 11.1 Å². The molecule has 0 aromatic heterocycles. The lowest BCUT2D eigenvalue weighted by Gasteiger charge is -2.36. The van der Waals surface area contributed by atoms with Crippen LogP contribution in [0.1, 0.15) is 66.8 Å². The maximum atomic E-state index is 12.2. The van der Waals surface area contributed by atoms with E-state index in [-0.39, 0.29) is 37.7 Å². The van der Waals surface area contributed by atoms with Crippen LogP contribution in [0.2, 0.25) is 0 Å². The first-order valence-corrected chi connectivity index (χ1v) is 15.7. The fourth-order valence-electron chi connectivity index (χ4n) is 4.91. The van der Waals surface area contributed by atoms with Crippen LogP contribution < -0.4 is 10.8 Å². The molecule has 1 fully saturated rings. The van der Waals surface area contributed by atoms with E-state index in [0.29, 0.717) is 38.0 Å². The molecule has 0 saturated carbocycles. The Morgan fingerprint density at radius 3 is 2.26 bits per heavy atom. The molecule has 1 heterocycles. The molecular formula is C33H40N2O7S. The van der Waals surface area contributed by atoms with Gasteiger partial charge >= 0.3 is 0 Å². The summed E-state index contributed by atoms with van der Waals surface area (Å²) in [5.41, 5.74) is 7.43. The molecule has 1 saturated heterocycles. The van der Waals surface area contributed by atoms with Crippen LogP contribution in [0.3, 0.4) is 0 Å². The van der Waals surface area contributed by atoms with Crippen molar-refractivity contribution in [1.82, 2.24) is 10.8 Å². The quantitative estimate of drug-likeness (QED) is 0.0943. The Morgan fingerprint density at radius 2 is 1.56 bits per heavy atom. The third kappa shape index (κ3) is 10.2. The number of hydroxylamine groups is 1. The van der Waals surface area contributed by atoms with Gasteiger partial charge in [0.25, 0.3) is 0 Å². The van der Waals surface area contributed by atoms with Gasteiger partial charge in [0.15, 0.2) is 6.29 Å². The third-order valence-electron chi connectivity index (χ3n) is 7.27. The molecule has 43 heavy (non-hydrogen) atoms. The fraction of sp³-hybridized carbons (Fsp3) is 0.394. The molecule has 10 heteroatoms. The van der Waals surface area contributed by atoms with Gasteiger partial charge in [0.1, 0.15) is 0 Å². The van der Waals surface area contributed by atoms with E-state index in [0.717, 1.165) is 39.1 Å². The molecular weight excluding hydrogens is 568 g/mol. The number of carbonyl (C=O) groups excluding carboxylic acids is 2. The maximum Gasteiger partial charge on any atom is 0.243 e. The summed E-state index contributed by atoms with van der Waals surface area (Å²) < 4.78 is 12.8. The highest BCUT2D eigenvalue weighted by Crippen LogP contribution is 2.39. The van der Waals surface area contributed by atoms with Gasteiger partial charge in [-0.25, -0.2) is 5.48 Å². The second-order valence-corrected chi connectivity index (χ2v) is 11.6. The number of thioether (sulfide) groups is 1. The summed E-state index contributed by atoms with van der Waals surface area (Å²) in [4.78, 5) is 23.3. The van der Waals surface area contributed by atoms with Crippen LogP contribution in [-0.4, -0.2) is 51.5 Å². The van der Waals surface area contributed by atoms with E-state index in [4.69, 9.17) is 14.7 Å². The predicted octanol–water partition coefficient (Wildman–Crippen LogP) is 4.80. The molecule has 0 spiro atoms. The number of rotatable bonds is 15. The summed E-state index contributed by atoms with van der Waals surface area (Å²) in [6.45, 7) is 0.532. The average molecular weight is 609 g/mol. The van der Waals surface area contributed by atoms with Gasteiger partial charge < -0.3 is 25.0 Å². The largest absolute Gasteiger partial charge is 0.396 e. The van der Waals surface area contributed by atoms with Gasteiger partial charge in [0.05, 0.1) is 25.4 Å². The molecule has 1 aliphatic heterocycles. The number of unbranched alkanes of at least 4 members (excludes halogenated alkanes) is 1. The number of ether oxygens (including phenoxy) is 2. The minimum atomic E-state index is -0.537. The van der Waals surface area contributed by atoms with Gasteiger partial charge in [-0.3, -0.25) is 14.8 Å². The number of nitrogens with one attached hydrogen (secondary N) is 2. The van der Waals surface area contributed by atoms with Crippen molar-refractivity contribution >= 4 is 23.6 Å². The lowest BCUT2D eigenvalue weighted by Crippen LogP contribution is -2.31. The van der Waals surface area contributed by atoms with Crippen LogP contribution in [0.15, 0.2) is 72.8 Å². The van der Waals surface area contributed by atoms with Crippen LogP contribution in [-0.2, 0) is 32.2 Å². The van der Waals surface area contributed by atoms with E-state index in [1.165, 1.54) is 0 Å². The van der Waals surface area contributed by atoms with E-state index in [1.807, 2.05) is 66.7 Å².